The molecule has 1 aromatic heterocycles. The SMILES string of the molecule is Fc1ccc(Br)cc1Cn1cccn1. The van der Waals surface area contributed by atoms with E-state index in [1.807, 2.05) is 6.07 Å². The summed E-state index contributed by atoms with van der Waals surface area (Å²) in [6, 6.07) is 6.71. The molecule has 0 saturated carbocycles. The summed E-state index contributed by atoms with van der Waals surface area (Å²) in [7, 11) is 0. The quantitative estimate of drug-likeness (QED) is 0.806. The number of nitrogens with zero attached hydrogens (tertiary/aromatic N) is 2. The van der Waals surface area contributed by atoms with Gasteiger partial charge in [0.05, 0.1) is 6.54 Å². The molecule has 2 aromatic rings. The monoisotopic (exact) mass is 254 g/mol. The summed E-state index contributed by atoms with van der Waals surface area (Å²) >= 11 is 3.30. The maximum atomic E-state index is 13.3. The maximum absolute atomic E-state index is 13.3. The molecule has 0 unspecified atom stereocenters. The molecule has 0 N–H and O–H groups in total. The number of aromatic nitrogens is 2. The van der Waals surface area contributed by atoms with E-state index in [1.54, 1.807) is 29.2 Å². The fraction of sp³-hybridized carbons (Fsp3) is 0.100. The van der Waals surface area contributed by atoms with Gasteiger partial charge >= 0.3 is 0 Å². The van der Waals surface area contributed by atoms with Crippen molar-refractivity contribution in [2.75, 3.05) is 0 Å². The highest BCUT2D eigenvalue weighted by atomic mass is 79.9. The third-order valence-electron chi connectivity index (χ3n) is 1.90. The number of halogens is 2. The highest BCUT2D eigenvalue weighted by Gasteiger charge is 2.03. The van der Waals surface area contributed by atoms with Gasteiger partial charge in [-0.15, -0.1) is 0 Å². The predicted octanol–water partition coefficient (Wildman–Crippen LogP) is 2.83. The Kier molecular flexibility index (Phi) is 2.63. The summed E-state index contributed by atoms with van der Waals surface area (Å²) < 4.78 is 15.9. The molecule has 2 rings (SSSR count). The normalized spacial score (nSPS) is 10.4. The van der Waals surface area contributed by atoms with E-state index < -0.39 is 0 Å². The molecule has 1 heterocycles. The van der Waals surface area contributed by atoms with Gasteiger partial charge in [0.2, 0.25) is 0 Å². The Labute approximate surface area is 89.5 Å². The van der Waals surface area contributed by atoms with E-state index in [4.69, 9.17) is 0 Å². The van der Waals surface area contributed by atoms with E-state index in [9.17, 15) is 4.39 Å². The molecule has 0 atom stereocenters. The van der Waals surface area contributed by atoms with Crippen LogP contribution in [0.1, 0.15) is 5.56 Å². The largest absolute Gasteiger partial charge is 0.268 e. The fourth-order valence-electron chi connectivity index (χ4n) is 1.23. The molecule has 0 aliphatic rings. The summed E-state index contributed by atoms with van der Waals surface area (Å²) in [5.74, 6) is -0.205. The Balaban J connectivity index is 2.28. The Morgan fingerprint density at radius 1 is 1.43 bits per heavy atom. The van der Waals surface area contributed by atoms with Crippen molar-refractivity contribution in [3.8, 4) is 0 Å². The average Bonchev–Trinajstić information content (AvgIpc) is 2.64. The van der Waals surface area contributed by atoms with Crippen LogP contribution in [0, 0.1) is 5.82 Å². The Hall–Kier alpha value is -1.16. The van der Waals surface area contributed by atoms with Crippen molar-refractivity contribution in [2.45, 2.75) is 6.54 Å². The fourth-order valence-corrected chi connectivity index (χ4v) is 1.64. The second kappa shape index (κ2) is 3.92. The summed E-state index contributed by atoms with van der Waals surface area (Å²) in [4.78, 5) is 0. The molecular formula is C10H8BrFN2. The molecular weight excluding hydrogens is 247 g/mol. The van der Waals surface area contributed by atoms with Crippen LogP contribution in [0.3, 0.4) is 0 Å². The van der Waals surface area contributed by atoms with E-state index >= 15 is 0 Å². The van der Waals surface area contributed by atoms with Gasteiger partial charge in [0.15, 0.2) is 0 Å². The molecule has 0 fully saturated rings. The summed E-state index contributed by atoms with van der Waals surface area (Å²) in [6.45, 7) is 0.457. The van der Waals surface area contributed by atoms with E-state index in [0.29, 0.717) is 12.1 Å². The van der Waals surface area contributed by atoms with Gasteiger partial charge in [-0.05, 0) is 24.3 Å². The third kappa shape index (κ3) is 2.01. The Bertz CT molecular complexity index is 426. The van der Waals surface area contributed by atoms with Crippen LogP contribution in [0.5, 0.6) is 0 Å². The lowest BCUT2D eigenvalue weighted by Gasteiger charge is -2.03. The van der Waals surface area contributed by atoms with Gasteiger partial charge in [-0.2, -0.15) is 5.10 Å². The van der Waals surface area contributed by atoms with Crippen LogP contribution >= 0.6 is 15.9 Å². The zero-order chi connectivity index (χ0) is 9.97. The molecule has 2 nitrogen and oxygen atoms in total. The minimum absolute atomic E-state index is 0.205. The highest BCUT2D eigenvalue weighted by molar-refractivity contribution is 9.10. The zero-order valence-electron chi connectivity index (χ0n) is 7.32. The van der Waals surface area contributed by atoms with Crippen molar-refractivity contribution in [1.82, 2.24) is 9.78 Å². The van der Waals surface area contributed by atoms with Crippen LogP contribution in [0.15, 0.2) is 41.1 Å². The molecule has 4 heteroatoms. The van der Waals surface area contributed by atoms with Crippen molar-refractivity contribution < 1.29 is 4.39 Å². The molecule has 0 aliphatic carbocycles. The van der Waals surface area contributed by atoms with Crippen LogP contribution in [0.25, 0.3) is 0 Å². The van der Waals surface area contributed by atoms with Crippen LogP contribution in [-0.2, 0) is 6.54 Å². The highest BCUT2D eigenvalue weighted by Crippen LogP contribution is 2.16. The standard InChI is InChI=1S/C10H8BrFN2/c11-9-2-3-10(12)8(6-9)7-14-5-1-4-13-14/h1-6H,7H2. The average molecular weight is 255 g/mol. The van der Waals surface area contributed by atoms with Gasteiger partial charge in [0.25, 0.3) is 0 Å². The van der Waals surface area contributed by atoms with Crippen molar-refractivity contribution in [3.63, 3.8) is 0 Å². The van der Waals surface area contributed by atoms with Crippen molar-refractivity contribution >= 4 is 15.9 Å². The lowest BCUT2D eigenvalue weighted by Crippen LogP contribution is -2.02. The summed E-state index contributed by atoms with van der Waals surface area (Å²) in [6.07, 6.45) is 3.48. The molecule has 0 saturated heterocycles. The van der Waals surface area contributed by atoms with E-state index in [2.05, 4.69) is 21.0 Å². The number of hydrogen-bond acceptors (Lipinski definition) is 1. The molecule has 14 heavy (non-hydrogen) atoms. The molecule has 0 bridgehead atoms. The van der Waals surface area contributed by atoms with Crippen LogP contribution in [-0.4, -0.2) is 9.78 Å². The summed E-state index contributed by atoms with van der Waals surface area (Å²) in [5.41, 5.74) is 0.628. The number of rotatable bonds is 2. The smallest absolute Gasteiger partial charge is 0.128 e. The van der Waals surface area contributed by atoms with E-state index in [1.165, 1.54) is 6.07 Å². The molecule has 0 aliphatic heterocycles. The third-order valence-corrected chi connectivity index (χ3v) is 2.39. The first-order valence-corrected chi connectivity index (χ1v) is 4.96. The van der Waals surface area contributed by atoms with Gasteiger partial charge in [-0.1, -0.05) is 15.9 Å². The van der Waals surface area contributed by atoms with Gasteiger partial charge in [0, 0.05) is 22.4 Å². The van der Waals surface area contributed by atoms with E-state index in [0.717, 1.165) is 4.47 Å². The van der Waals surface area contributed by atoms with E-state index in [-0.39, 0.29) is 5.82 Å². The lowest BCUT2D eigenvalue weighted by molar-refractivity contribution is 0.585. The van der Waals surface area contributed by atoms with Gasteiger partial charge < -0.3 is 0 Å². The van der Waals surface area contributed by atoms with Gasteiger partial charge in [-0.25, -0.2) is 4.39 Å². The first kappa shape index (κ1) is 9.40. The van der Waals surface area contributed by atoms with Gasteiger partial charge in [-0.3, -0.25) is 4.68 Å². The number of hydrogen-bond donors (Lipinski definition) is 0. The molecule has 0 radical (unpaired) electrons. The van der Waals surface area contributed by atoms with Gasteiger partial charge in [0.1, 0.15) is 5.82 Å². The second-order valence-electron chi connectivity index (χ2n) is 2.94. The molecule has 72 valence electrons. The van der Waals surface area contributed by atoms with Crippen molar-refractivity contribution in [1.29, 1.82) is 0 Å². The first-order chi connectivity index (χ1) is 6.75. The topological polar surface area (TPSA) is 17.8 Å². The lowest BCUT2D eigenvalue weighted by atomic mass is 10.2. The zero-order valence-corrected chi connectivity index (χ0v) is 8.91. The minimum Gasteiger partial charge on any atom is -0.268 e. The van der Waals surface area contributed by atoms with Crippen LogP contribution in [0.2, 0.25) is 0 Å². The second-order valence-corrected chi connectivity index (χ2v) is 3.86. The predicted molar refractivity (Wildman–Crippen MR) is 55.4 cm³/mol. The van der Waals surface area contributed by atoms with Crippen LogP contribution < -0.4 is 0 Å². The van der Waals surface area contributed by atoms with Crippen LogP contribution in [0.4, 0.5) is 4.39 Å². The Morgan fingerprint density at radius 3 is 3.00 bits per heavy atom. The molecule has 0 spiro atoms. The summed E-state index contributed by atoms with van der Waals surface area (Å²) in [5, 5.41) is 4.02. The first-order valence-electron chi connectivity index (χ1n) is 4.17. The maximum Gasteiger partial charge on any atom is 0.128 e. The van der Waals surface area contributed by atoms with Crippen molar-refractivity contribution in [3.05, 3.63) is 52.5 Å². The minimum atomic E-state index is -0.205. The Morgan fingerprint density at radius 2 is 2.29 bits per heavy atom. The molecule has 0 amide bonds. The molecule has 1 aromatic carbocycles. The number of benzene rings is 1. The van der Waals surface area contributed by atoms with Crippen molar-refractivity contribution in [2.24, 2.45) is 0 Å².